The first-order chi connectivity index (χ1) is 14.8. The Bertz CT molecular complexity index is 1040. The molecule has 0 unspecified atom stereocenters. The Morgan fingerprint density at radius 2 is 1.87 bits per heavy atom. The molecule has 0 aromatic carbocycles. The Labute approximate surface area is 189 Å². The zero-order chi connectivity index (χ0) is 21.8. The SMILES string of the molecule is CCc1nc(N2CCCC(C)(C)C2)cc(N2CC3(CCCc4sc(N)c(C#N)c43)C2)n1. The van der Waals surface area contributed by atoms with Crippen molar-refractivity contribution in [2.24, 2.45) is 5.41 Å². The summed E-state index contributed by atoms with van der Waals surface area (Å²) in [4.78, 5) is 15.9. The van der Waals surface area contributed by atoms with Crippen LogP contribution in [-0.4, -0.2) is 36.1 Å². The van der Waals surface area contributed by atoms with E-state index >= 15 is 0 Å². The van der Waals surface area contributed by atoms with Crippen LogP contribution in [0.15, 0.2) is 6.07 Å². The van der Waals surface area contributed by atoms with Gasteiger partial charge in [0.25, 0.3) is 0 Å². The molecule has 2 aromatic rings. The predicted molar refractivity (Wildman–Crippen MR) is 127 cm³/mol. The van der Waals surface area contributed by atoms with Gasteiger partial charge < -0.3 is 15.5 Å². The van der Waals surface area contributed by atoms with Crippen LogP contribution in [0.3, 0.4) is 0 Å². The average Bonchev–Trinajstić information content (AvgIpc) is 3.06. The number of piperidine rings is 1. The number of aromatic nitrogens is 2. The van der Waals surface area contributed by atoms with Crippen LogP contribution in [0.5, 0.6) is 0 Å². The third-order valence-electron chi connectivity index (χ3n) is 7.31. The zero-order valence-corrected chi connectivity index (χ0v) is 19.7. The second kappa shape index (κ2) is 7.37. The summed E-state index contributed by atoms with van der Waals surface area (Å²) in [6.45, 7) is 10.8. The second-order valence-corrected chi connectivity index (χ2v) is 11.4. The number of rotatable bonds is 3. The summed E-state index contributed by atoms with van der Waals surface area (Å²) in [6.07, 6.45) is 6.66. The fourth-order valence-electron chi connectivity index (χ4n) is 5.79. The number of hydrogen-bond acceptors (Lipinski definition) is 7. The van der Waals surface area contributed by atoms with Crippen LogP contribution in [0.4, 0.5) is 16.6 Å². The number of fused-ring (bicyclic) bond motifs is 2. The summed E-state index contributed by atoms with van der Waals surface area (Å²) < 4.78 is 0. The summed E-state index contributed by atoms with van der Waals surface area (Å²) in [6, 6.07) is 4.58. The van der Waals surface area contributed by atoms with Crippen LogP contribution in [0.2, 0.25) is 0 Å². The quantitative estimate of drug-likeness (QED) is 0.773. The van der Waals surface area contributed by atoms with E-state index in [1.807, 2.05) is 0 Å². The molecule has 5 rings (SSSR count). The molecule has 1 spiro atoms. The van der Waals surface area contributed by atoms with Gasteiger partial charge in [0.05, 0.1) is 5.56 Å². The summed E-state index contributed by atoms with van der Waals surface area (Å²) >= 11 is 1.62. The highest BCUT2D eigenvalue weighted by molar-refractivity contribution is 7.16. The van der Waals surface area contributed by atoms with Crippen molar-refractivity contribution in [1.29, 1.82) is 5.26 Å². The Balaban J connectivity index is 1.43. The number of anilines is 3. The van der Waals surface area contributed by atoms with E-state index in [2.05, 4.69) is 42.7 Å². The van der Waals surface area contributed by atoms with Crippen molar-refractivity contribution in [2.45, 2.75) is 64.7 Å². The molecule has 2 N–H and O–H groups in total. The normalized spacial score (nSPS) is 21.5. The molecule has 1 aliphatic carbocycles. The van der Waals surface area contributed by atoms with Gasteiger partial charge >= 0.3 is 0 Å². The highest BCUT2D eigenvalue weighted by atomic mass is 32.1. The van der Waals surface area contributed by atoms with Gasteiger partial charge in [-0.25, -0.2) is 9.97 Å². The van der Waals surface area contributed by atoms with E-state index < -0.39 is 0 Å². The smallest absolute Gasteiger partial charge is 0.134 e. The molecule has 4 heterocycles. The lowest BCUT2D eigenvalue weighted by Crippen LogP contribution is -2.61. The molecule has 0 atom stereocenters. The molecular weight excluding hydrogens is 404 g/mol. The maximum Gasteiger partial charge on any atom is 0.134 e. The van der Waals surface area contributed by atoms with Crippen molar-refractivity contribution in [3.05, 3.63) is 27.9 Å². The Morgan fingerprint density at radius 1 is 1.13 bits per heavy atom. The number of hydrogen-bond donors (Lipinski definition) is 1. The molecule has 0 saturated carbocycles. The highest BCUT2D eigenvalue weighted by Gasteiger charge is 2.50. The predicted octanol–water partition coefficient (Wildman–Crippen LogP) is 4.28. The van der Waals surface area contributed by atoms with Crippen molar-refractivity contribution in [2.75, 3.05) is 41.7 Å². The third-order valence-corrected chi connectivity index (χ3v) is 8.39. The fourth-order valence-corrected chi connectivity index (χ4v) is 6.97. The molecule has 7 heteroatoms. The van der Waals surface area contributed by atoms with Crippen molar-refractivity contribution in [1.82, 2.24) is 9.97 Å². The maximum absolute atomic E-state index is 9.73. The summed E-state index contributed by atoms with van der Waals surface area (Å²) in [5.74, 6) is 3.01. The molecule has 3 aliphatic rings. The molecule has 2 aromatic heterocycles. The van der Waals surface area contributed by atoms with Crippen LogP contribution < -0.4 is 15.5 Å². The van der Waals surface area contributed by atoms with E-state index in [0.717, 1.165) is 68.5 Å². The van der Waals surface area contributed by atoms with Gasteiger partial charge in [-0.3, -0.25) is 0 Å². The minimum atomic E-state index is 0.0529. The maximum atomic E-state index is 9.73. The summed E-state index contributed by atoms with van der Waals surface area (Å²) in [5, 5.41) is 10.4. The average molecular weight is 437 g/mol. The molecule has 31 heavy (non-hydrogen) atoms. The lowest BCUT2D eigenvalue weighted by Gasteiger charge is -2.53. The molecule has 2 aliphatic heterocycles. The van der Waals surface area contributed by atoms with Crippen molar-refractivity contribution in [3.63, 3.8) is 0 Å². The summed E-state index contributed by atoms with van der Waals surface area (Å²) in [5.41, 5.74) is 8.54. The second-order valence-electron chi connectivity index (χ2n) is 10.3. The van der Waals surface area contributed by atoms with Gasteiger partial charge in [-0.15, -0.1) is 11.3 Å². The van der Waals surface area contributed by atoms with Crippen molar-refractivity contribution < 1.29 is 0 Å². The first kappa shape index (κ1) is 20.6. The molecule has 0 bridgehead atoms. The van der Waals surface area contributed by atoms with E-state index in [1.54, 1.807) is 11.3 Å². The topological polar surface area (TPSA) is 82.1 Å². The molecule has 0 amide bonds. The van der Waals surface area contributed by atoms with Gasteiger partial charge in [-0.05, 0) is 43.1 Å². The van der Waals surface area contributed by atoms with Crippen LogP contribution in [0, 0.1) is 16.7 Å². The summed E-state index contributed by atoms with van der Waals surface area (Å²) in [7, 11) is 0. The van der Waals surface area contributed by atoms with Gasteiger partial charge in [-0.1, -0.05) is 20.8 Å². The van der Waals surface area contributed by atoms with E-state index in [9.17, 15) is 5.26 Å². The van der Waals surface area contributed by atoms with Gasteiger partial charge in [0.2, 0.25) is 0 Å². The molecule has 2 fully saturated rings. The van der Waals surface area contributed by atoms with Crippen LogP contribution in [0.1, 0.15) is 68.3 Å². The number of aryl methyl sites for hydroxylation is 2. The minimum absolute atomic E-state index is 0.0529. The number of nitrogens with two attached hydrogens (primary N) is 1. The lowest BCUT2D eigenvalue weighted by atomic mass is 9.66. The van der Waals surface area contributed by atoms with E-state index in [0.29, 0.717) is 10.4 Å². The molecule has 2 saturated heterocycles. The minimum Gasteiger partial charge on any atom is -0.389 e. The molecule has 164 valence electrons. The van der Waals surface area contributed by atoms with Gasteiger partial charge in [0.1, 0.15) is 28.5 Å². The van der Waals surface area contributed by atoms with Gasteiger partial charge in [-0.2, -0.15) is 5.26 Å². The van der Waals surface area contributed by atoms with Gasteiger partial charge in [0, 0.05) is 49.0 Å². The lowest BCUT2D eigenvalue weighted by molar-refractivity contribution is 0.283. The Hall–Kier alpha value is -2.33. The Kier molecular flexibility index (Phi) is 4.89. The highest BCUT2D eigenvalue weighted by Crippen LogP contribution is 2.50. The van der Waals surface area contributed by atoms with Crippen molar-refractivity contribution >= 4 is 28.0 Å². The van der Waals surface area contributed by atoms with Crippen molar-refractivity contribution in [3.8, 4) is 6.07 Å². The Morgan fingerprint density at radius 3 is 2.55 bits per heavy atom. The van der Waals surface area contributed by atoms with E-state index in [1.165, 1.54) is 29.7 Å². The standard InChI is InChI=1S/C24H32N6S/c1-4-18-27-19(29-10-6-8-23(2,3)13-29)11-20(28-18)30-14-24(15-30)9-5-7-17-21(24)16(12-25)22(26)31-17/h11H,4-10,13-15,26H2,1-3H3. The number of nitrogens with zero attached hydrogens (tertiary/aromatic N) is 5. The van der Waals surface area contributed by atoms with Crippen LogP contribution >= 0.6 is 11.3 Å². The molecule has 0 radical (unpaired) electrons. The zero-order valence-electron chi connectivity index (χ0n) is 18.9. The van der Waals surface area contributed by atoms with Gasteiger partial charge in [0.15, 0.2) is 0 Å². The first-order valence-corrected chi connectivity index (χ1v) is 12.4. The first-order valence-electron chi connectivity index (χ1n) is 11.5. The number of thiophene rings is 1. The number of nitrogen functional groups attached to an aromatic ring is 1. The third kappa shape index (κ3) is 3.45. The largest absolute Gasteiger partial charge is 0.389 e. The van der Waals surface area contributed by atoms with Crippen LogP contribution in [0.25, 0.3) is 0 Å². The van der Waals surface area contributed by atoms with E-state index in [-0.39, 0.29) is 5.41 Å². The van der Waals surface area contributed by atoms with Crippen LogP contribution in [-0.2, 0) is 18.3 Å². The fraction of sp³-hybridized carbons (Fsp3) is 0.625. The molecular formula is C24H32N6S. The monoisotopic (exact) mass is 436 g/mol. The number of nitriles is 1. The van der Waals surface area contributed by atoms with E-state index in [4.69, 9.17) is 15.7 Å². The molecule has 6 nitrogen and oxygen atoms in total.